The molecule has 0 spiro atoms. The summed E-state index contributed by atoms with van der Waals surface area (Å²) in [5, 5.41) is 9.80. The molecule has 0 bridgehead atoms. The number of aliphatic hydroxyl groups excluding tert-OH is 1. The molecule has 1 N–H and O–H groups in total. The number of aliphatic hydroxyl groups is 1. The molecule has 120 valence electrons. The van der Waals surface area contributed by atoms with Crippen LogP contribution in [0.3, 0.4) is 0 Å². The van der Waals surface area contributed by atoms with Gasteiger partial charge < -0.3 is 9.84 Å². The lowest BCUT2D eigenvalue weighted by atomic mass is 10.0. The molecule has 0 aromatic heterocycles. The van der Waals surface area contributed by atoms with Gasteiger partial charge in [-0.3, -0.25) is 4.79 Å². The lowest BCUT2D eigenvalue weighted by Gasteiger charge is -2.10. The Labute approximate surface area is 125 Å². The standard InChI is InChI=1S/C17H34O3/c1-3-5-7-8-9-10-11-12-16(18)13-14-17(19)20-15-6-4-2/h16,18H,3-15H2,1-2H3. The van der Waals surface area contributed by atoms with Crippen LogP contribution in [0.4, 0.5) is 0 Å². The Hall–Kier alpha value is -0.570. The van der Waals surface area contributed by atoms with Gasteiger partial charge in [-0.1, -0.05) is 65.2 Å². The van der Waals surface area contributed by atoms with Crippen LogP contribution in [0.25, 0.3) is 0 Å². The smallest absolute Gasteiger partial charge is 0.305 e. The highest BCUT2D eigenvalue weighted by molar-refractivity contribution is 5.69. The van der Waals surface area contributed by atoms with Crippen molar-refractivity contribution in [3.05, 3.63) is 0 Å². The summed E-state index contributed by atoms with van der Waals surface area (Å²) in [5.74, 6) is -0.169. The fourth-order valence-electron chi connectivity index (χ4n) is 2.17. The van der Waals surface area contributed by atoms with Gasteiger partial charge in [0.05, 0.1) is 12.7 Å². The van der Waals surface area contributed by atoms with E-state index >= 15 is 0 Å². The summed E-state index contributed by atoms with van der Waals surface area (Å²) in [6, 6.07) is 0. The normalized spacial score (nSPS) is 12.3. The van der Waals surface area contributed by atoms with Crippen molar-refractivity contribution in [3.8, 4) is 0 Å². The van der Waals surface area contributed by atoms with Crippen molar-refractivity contribution in [2.75, 3.05) is 6.61 Å². The molecular weight excluding hydrogens is 252 g/mol. The zero-order valence-electron chi connectivity index (χ0n) is 13.5. The largest absolute Gasteiger partial charge is 0.466 e. The fraction of sp³-hybridized carbons (Fsp3) is 0.941. The minimum absolute atomic E-state index is 0.169. The Bertz CT molecular complexity index is 216. The molecule has 0 rings (SSSR count). The molecule has 3 nitrogen and oxygen atoms in total. The minimum Gasteiger partial charge on any atom is -0.466 e. The van der Waals surface area contributed by atoms with Crippen LogP contribution >= 0.6 is 0 Å². The number of hydrogen-bond donors (Lipinski definition) is 1. The maximum Gasteiger partial charge on any atom is 0.305 e. The monoisotopic (exact) mass is 286 g/mol. The first-order valence-corrected chi connectivity index (χ1v) is 8.54. The van der Waals surface area contributed by atoms with E-state index < -0.39 is 0 Å². The number of carbonyl (C=O) groups excluding carboxylic acids is 1. The van der Waals surface area contributed by atoms with E-state index in [2.05, 4.69) is 13.8 Å². The van der Waals surface area contributed by atoms with Crippen LogP contribution in [0, 0.1) is 0 Å². The molecule has 1 atom stereocenters. The molecule has 1 unspecified atom stereocenters. The summed E-state index contributed by atoms with van der Waals surface area (Å²) in [4.78, 5) is 11.4. The van der Waals surface area contributed by atoms with Crippen molar-refractivity contribution in [1.82, 2.24) is 0 Å². The number of unbranched alkanes of at least 4 members (excludes halogenated alkanes) is 7. The number of esters is 1. The molecular formula is C17H34O3. The Morgan fingerprint density at radius 1 is 0.900 bits per heavy atom. The van der Waals surface area contributed by atoms with E-state index in [0.717, 1.165) is 25.7 Å². The molecule has 0 heterocycles. The van der Waals surface area contributed by atoms with Crippen molar-refractivity contribution < 1.29 is 14.6 Å². The summed E-state index contributed by atoms with van der Waals surface area (Å²) < 4.78 is 5.06. The van der Waals surface area contributed by atoms with Crippen LogP contribution in [-0.4, -0.2) is 23.8 Å². The second-order valence-electron chi connectivity index (χ2n) is 5.68. The minimum atomic E-state index is -0.343. The van der Waals surface area contributed by atoms with Crippen molar-refractivity contribution in [2.24, 2.45) is 0 Å². The summed E-state index contributed by atoms with van der Waals surface area (Å²) in [5.41, 5.74) is 0. The molecule has 3 heteroatoms. The Balaban J connectivity index is 3.31. The van der Waals surface area contributed by atoms with E-state index in [4.69, 9.17) is 4.74 Å². The molecule has 0 fully saturated rings. The van der Waals surface area contributed by atoms with E-state index in [-0.39, 0.29) is 12.1 Å². The van der Waals surface area contributed by atoms with E-state index in [1.807, 2.05) is 0 Å². The maximum absolute atomic E-state index is 11.4. The van der Waals surface area contributed by atoms with Crippen molar-refractivity contribution in [1.29, 1.82) is 0 Å². The van der Waals surface area contributed by atoms with Gasteiger partial charge in [0, 0.05) is 6.42 Å². The van der Waals surface area contributed by atoms with Crippen LogP contribution in [0.15, 0.2) is 0 Å². The highest BCUT2D eigenvalue weighted by Crippen LogP contribution is 2.12. The van der Waals surface area contributed by atoms with Crippen molar-refractivity contribution in [2.45, 2.75) is 97.0 Å². The van der Waals surface area contributed by atoms with Gasteiger partial charge in [-0.05, 0) is 19.3 Å². The molecule has 0 amide bonds. The van der Waals surface area contributed by atoms with Crippen molar-refractivity contribution in [3.63, 3.8) is 0 Å². The van der Waals surface area contributed by atoms with E-state index in [0.29, 0.717) is 19.4 Å². The zero-order chi connectivity index (χ0) is 15.1. The third-order valence-corrected chi connectivity index (χ3v) is 3.58. The highest BCUT2D eigenvalue weighted by Gasteiger charge is 2.08. The molecule has 20 heavy (non-hydrogen) atoms. The number of hydrogen-bond acceptors (Lipinski definition) is 3. The summed E-state index contributed by atoms with van der Waals surface area (Å²) in [6.07, 6.45) is 12.1. The Morgan fingerprint density at radius 2 is 1.50 bits per heavy atom. The fourth-order valence-corrected chi connectivity index (χ4v) is 2.17. The molecule has 0 aromatic carbocycles. The summed E-state index contributed by atoms with van der Waals surface area (Å²) >= 11 is 0. The van der Waals surface area contributed by atoms with Crippen LogP contribution < -0.4 is 0 Å². The van der Waals surface area contributed by atoms with Gasteiger partial charge in [0.2, 0.25) is 0 Å². The quantitative estimate of drug-likeness (QED) is 0.374. The second kappa shape index (κ2) is 14.8. The first kappa shape index (κ1) is 19.4. The molecule has 0 aliphatic heterocycles. The second-order valence-corrected chi connectivity index (χ2v) is 5.68. The molecule has 0 radical (unpaired) electrons. The third kappa shape index (κ3) is 13.9. The maximum atomic E-state index is 11.4. The molecule has 0 aliphatic rings. The van der Waals surface area contributed by atoms with Gasteiger partial charge >= 0.3 is 5.97 Å². The van der Waals surface area contributed by atoms with Crippen LogP contribution in [0.1, 0.15) is 90.9 Å². The third-order valence-electron chi connectivity index (χ3n) is 3.58. The van der Waals surface area contributed by atoms with Gasteiger partial charge in [-0.15, -0.1) is 0 Å². The van der Waals surface area contributed by atoms with Crippen LogP contribution in [-0.2, 0) is 9.53 Å². The molecule has 0 aromatic rings. The average Bonchev–Trinajstić information content (AvgIpc) is 2.44. The molecule has 0 aliphatic carbocycles. The van der Waals surface area contributed by atoms with E-state index in [1.165, 1.54) is 38.5 Å². The number of rotatable bonds is 14. The summed E-state index contributed by atoms with van der Waals surface area (Å²) in [7, 11) is 0. The van der Waals surface area contributed by atoms with E-state index in [1.54, 1.807) is 0 Å². The van der Waals surface area contributed by atoms with Gasteiger partial charge in [0.15, 0.2) is 0 Å². The number of carbonyl (C=O) groups is 1. The predicted molar refractivity (Wildman–Crippen MR) is 83.7 cm³/mol. The van der Waals surface area contributed by atoms with E-state index in [9.17, 15) is 9.90 Å². The SMILES string of the molecule is CCCCCCCCCC(O)CCC(=O)OCCCC. The first-order chi connectivity index (χ1) is 9.70. The molecule has 0 saturated heterocycles. The Morgan fingerprint density at radius 3 is 2.15 bits per heavy atom. The summed E-state index contributed by atoms with van der Waals surface area (Å²) in [6.45, 7) is 4.81. The molecule has 0 saturated carbocycles. The van der Waals surface area contributed by atoms with Gasteiger partial charge in [0.1, 0.15) is 0 Å². The lowest BCUT2D eigenvalue weighted by Crippen LogP contribution is -2.12. The zero-order valence-corrected chi connectivity index (χ0v) is 13.5. The average molecular weight is 286 g/mol. The first-order valence-electron chi connectivity index (χ1n) is 8.54. The predicted octanol–water partition coefficient (Wildman–Crippen LogP) is 4.61. The lowest BCUT2D eigenvalue weighted by molar-refractivity contribution is -0.144. The topological polar surface area (TPSA) is 46.5 Å². The van der Waals surface area contributed by atoms with Gasteiger partial charge in [-0.25, -0.2) is 0 Å². The number of ether oxygens (including phenoxy) is 1. The van der Waals surface area contributed by atoms with Crippen LogP contribution in [0.5, 0.6) is 0 Å². The van der Waals surface area contributed by atoms with Gasteiger partial charge in [0.25, 0.3) is 0 Å². The highest BCUT2D eigenvalue weighted by atomic mass is 16.5. The van der Waals surface area contributed by atoms with Crippen molar-refractivity contribution >= 4 is 5.97 Å². The Kier molecular flexibility index (Phi) is 14.4. The van der Waals surface area contributed by atoms with Crippen LogP contribution in [0.2, 0.25) is 0 Å². The van der Waals surface area contributed by atoms with Gasteiger partial charge in [-0.2, -0.15) is 0 Å².